The summed E-state index contributed by atoms with van der Waals surface area (Å²) >= 11 is 7.51. The van der Waals surface area contributed by atoms with E-state index in [4.69, 9.17) is 11.6 Å². The van der Waals surface area contributed by atoms with Crippen LogP contribution in [0.5, 0.6) is 0 Å². The minimum Gasteiger partial charge on any atom is -0.352 e. The van der Waals surface area contributed by atoms with Gasteiger partial charge >= 0.3 is 0 Å². The number of nitrogens with one attached hydrogen (secondary N) is 1. The Labute approximate surface area is 118 Å². The summed E-state index contributed by atoms with van der Waals surface area (Å²) in [6, 6.07) is 0.0949. The van der Waals surface area contributed by atoms with Crippen molar-refractivity contribution in [2.75, 3.05) is 0 Å². The van der Waals surface area contributed by atoms with E-state index in [9.17, 15) is 9.59 Å². The number of carbonyl (C=O) groups excluding carboxylic acids is 1. The zero-order valence-corrected chi connectivity index (χ0v) is 12.4. The number of halogens is 2. The van der Waals surface area contributed by atoms with Crippen molar-refractivity contribution in [3.8, 4) is 0 Å². The van der Waals surface area contributed by atoms with E-state index in [0.717, 1.165) is 6.42 Å². The van der Waals surface area contributed by atoms with Gasteiger partial charge in [-0.2, -0.15) is 0 Å². The molecule has 1 atom stereocenters. The first kappa shape index (κ1) is 14.4. The molecule has 0 bridgehead atoms. The van der Waals surface area contributed by atoms with Gasteiger partial charge in [0.1, 0.15) is 15.3 Å². The van der Waals surface area contributed by atoms with Crippen LogP contribution in [0, 0.1) is 3.57 Å². The van der Waals surface area contributed by atoms with Crippen molar-refractivity contribution in [2.45, 2.75) is 32.9 Å². The zero-order chi connectivity index (χ0) is 13.0. The Morgan fingerprint density at radius 3 is 2.94 bits per heavy atom. The summed E-state index contributed by atoms with van der Waals surface area (Å²) in [7, 11) is 0. The summed E-state index contributed by atoms with van der Waals surface area (Å²) < 4.78 is 1.56. The molecule has 17 heavy (non-hydrogen) atoms. The van der Waals surface area contributed by atoms with Crippen LogP contribution in [-0.4, -0.2) is 21.5 Å². The molecular formula is C10H13ClIN3O2. The molecule has 1 amide bonds. The van der Waals surface area contributed by atoms with Gasteiger partial charge in [-0.1, -0.05) is 18.5 Å². The smallest absolute Gasteiger partial charge is 0.268 e. The van der Waals surface area contributed by atoms with Crippen LogP contribution in [0.2, 0.25) is 5.15 Å². The predicted octanol–water partition coefficient (Wildman–Crippen LogP) is 1.42. The highest BCUT2D eigenvalue weighted by atomic mass is 127. The van der Waals surface area contributed by atoms with Crippen molar-refractivity contribution in [1.29, 1.82) is 0 Å². The summed E-state index contributed by atoms with van der Waals surface area (Å²) in [6.45, 7) is 3.85. The Morgan fingerprint density at radius 1 is 1.71 bits per heavy atom. The second-order valence-corrected chi connectivity index (χ2v) is 5.10. The molecule has 1 rings (SSSR count). The highest BCUT2D eigenvalue weighted by Gasteiger charge is 2.11. The highest BCUT2D eigenvalue weighted by Crippen LogP contribution is 2.09. The molecule has 0 saturated heterocycles. The molecule has 1 N–H and O–H groups in total. The van der Waals surface area contributed by atoms with Gasteiger partial charge in [-0.3, -0.25) is 14.2 Å². The lowest BCUT2D eigenvalue weighted by Gasteiger charge is -2.12. The van der Waals surface area contributed by atoms with Gasteiger partial charge in [-0.15, -0.1) is 0 Å². The number of hydrogen-bond donors (Lipinski definition) is 1. The van der Waals surface area contributed by atoms with Crippen molar-refractivity contribution < 1.29 is 4.79 Å². The van der Waals surface area contributed by atoms with Gasteiger partial charge in [0.05, 0.1) is 6.33 Å². The topological polar surface area (TPSA) is 64.0 Å². The van der Waals surface area contributed by atoms with Gasteiger partial charge in [0, 0.05) is 6.04 Å². The van der Waals surface area contributed by atoms with E-state index < -0.39 is 0 Å². The predicted molar refractivity (Wildman–Crippen MR) is 74.1 cm³/mol. The normalized spacial score (nSPS) is 12.2. The Bertz CT molecular complexity index is 475. The molecule has 94 valence electrons. The second-order valence-electron chi connectivity index (χ2n) is 3.66. The monoisotopic (exact) mass is 369 g/mol. The number of nitrogens with zero attached hydrogens (tertiary/aromatic N) is 2. The van der Waals surface area contributed by atoms with Gasteiger partial charge in [0.25, 0.3) is 5.56 Å². The average molecular weight is 370 g/mol. The summed E-state index contributed by atoms with van der Waals surface area (Å²) in [5.74, 6) is -0.207. The summed E-state index contributed by atoms with van der Waals surface area (Å²) in [4.78, 5) is 27.2. The first-order valence-electron chi connectivity index (χ1n) is 5.15. The van der Waals surface area contributed by atoms with Gasteiger partial charge < -0.3 is 5.32 Å². The Morgan fingerprint density at radius 2 is 2.35 bits per heavy atom. The van der Waals surface area contributed by atoms with Crippen LogP contribution in [0.1, 0.15) is 20.3 Å². The third kappa shape index (κ3) is 3.95. The molecule has 1 heterocycles. The first-order chi connectivity index (χ1) is 7.95. The van der Waals surface area contributed by atoms with Crippen molar-refractivity contribution in [3.05, 3.63) is 25.4 Å². The molecule has 1 unspecified atom stereocenters. The van der Waals surface area contributed by atoms with E-state index >= 15 is 0 Å². The van der Waals surface area contributed by atoms with Crippen LogP contribution >= 0.6 is 34.2 Å². The Balaban J connectivity index is 2.80. The van der Waals surface area contributed by atoms with E-state index in [2.05, 4.69) is 10.3 Å². The maximum Gasteiger partial charge on any atom is 0.268 e. The van der Waals surface area contributed by atoms with E-state index in [1.54, 1.807) is 0 Å². The summed E-state index contributed by atoms with van der Waals surface area (Å²) in [5, 5.41) is 2.94. The Kier molecular flexibility index (Phi) is 5.38. The molecule has 0 aromatic carbocycles. The van der Waals surface area contributed by atoms with Crippen LogP contribution in [0.3, 0.4) is 0 Å². The number of hydrogen-bond acceptors (Lipinski definition) is 3. The molecule has 0 spiro atoms. The lowest BCUT2D eigenvalue weighted by Crippen LogP contribution is -2.37. The molecule has 0 fully saturated rings. The molecule has 0 aliphatic carbocycles. The largest absolute Gasteiger partial charge is 0.352 e. The van der Waals surface area contributed by atoms with E-state index in [1.807, 2.05) is 36.4 Å². The summed E-state index contributed by atoms with van der Waals surface area (Å²) in [6.07, 6.45) is 2.13. The quantitative estimate of drug-likeness (QED) is 0.645. The zero-order valence-electron chi connectivity index (χ0n) is 9.54. The number of rotatable bonds is 4. The average Bonchev–Trinajstić information content (AvgIpc) is 2.29. The lowest BCUT2D eigenvalue weighted by molar-refractivity contribution is -0.122. The third-order valence-electron chi connectivity index (χ3n) is 2.27. The molecule has 5 nitrogen and oxygen atoms in total. The fourth-order valence-corrected chi connectivity index (χ4v) is 1.71. The number of carbonyl (C=O) groups is 1. The molecule has 1 aromatic rings. The van der Waals surface area contributed by atoms with Crippen LogP contribution in [0.4, 0.5) is 0 Å². The van der Waals surface area contributed by atoms with Crippen LogP contribution in [-0.2, 0) is 11.3 Å². The standard InChI is InChI=1S/C10H13ClIN3O2/c1-3-6(2)14-7(16)4-15-5-13-9(11)8(12)10(15)17/h5-6H,3-4H2,1-2H3,(H,14,16). The minimum absolute atomic E-state index is 0.0383. The fourth-order valence-electron chi connectivity index (χ4n) is 1.13. The van der Waals surface area contributed by atoms with Gasteiger partial charge in [0.15, 0.2) is 0 Å². The van der Waals surface area contributed by atoms with Gasteiger partial charge in [-0.05, 0) is 35.9 Å². The molecule has 0 saturated carbocycles. The van der Waals surface area contributed by atoms with E-state index in [0.29, 0.717) is 3.57 Å². The molecule has 0 aliphatic heterocycles. The first-order valence-corrected chi connectivity index (χ1v) is 6.61. The molecule has 1 aromatic heterocycles. The highest BCUT2D eigenvalue weighted by molar-refractivity contribution is 14.1. The molecular weight excluding hydrogens is 356 g/mol. The number of amides is 1. The third-order valence-corrected chi connectivity index (χ3v) is 3.85. The van der Waals surface area contributed by atoms with Crippen molar-refractivity contribution in [1.82, 2.24) is 14.9 Å². The van der Waals surface area contributed by atoms with E-state index in [1.165, 1.54) is 10.9 Å². The second kappa shape index (κ2) is 6.34. The number of aromatic nitrogens is 2. The van der Waals surface area contributed by atoms with Crippen molar-refractivity contribution in [3.63, 3.8) is 0 Å². The van der Waals surface area contributed by atoms with Crippen molar-refractivity contribution >= 4 is 40.1 Å². The van der Waals surface area contributed by atoms with Crippen LogP contribution < -0.4 is 10.9 Å². The van der Waals surface area contributed by atoms with E-state index in [-0.39, 0.29) is 29.2 Å². The molecule has 0 radical (unpaired) electrons. The molecule has 0 aliphatic rings. The van der Waals surface area contributed by atoms with Crippen LogP contribution in [0.25, 0.3) is 0 Å². The van der Waals surface area contributed by atoms with Crippen LogP contribution in [0.15, 0.2) is 11.1 Å². The minimum atomic E-state index is -0.301. The van der Waals surface area contributed by atoms with Gasteiger partial charge in [-0.25, -0.2) is 4.98 Å². The SMILES string of the molecule is CCC(C)NC(=O)Cn1cnc(Cl)c(I)c1=O. The molecule has 7 heteroatoms. The lowest BCUT2D eigenvalue weighted by atomic mass is 10.2. The maximum absolute atomic E-state index is 11.7. The van der Waals surface area contributed by atoms with Crippen molar-refractivity contribution in [2.24, 2.45) is 0 Å². The maximum atomic E-state index is 11.7. The Hall–Kier alpha value is -0.630. The summed E-state index contributed by atoms with van der Waals surface area (Å²) in [5.41, 5.74) is -0.301. The van der Waals surface area contributed by atoms with Gasteiger partial charge in [0.2, 0.25) is 5.91 Å². The fraction of sp³-hybridized carbons (Fsp3) is 0.500.